The van der Waals surface area contributed by atoms with Gasteiger partial charge in [0.2, 0.25) is 0 Å². The molecule has 0 saturated heterocycles. The Kier molecular flexibility index (Phi) is 1.73. The second-order valence-corrected chi connectivity index (χ2v) is 3.79. The molecule has 2 aromatic rings. The highest BCUT2D eigenvalue weighted by molar-refractivity contribution is 7.80. The van der Waals surface area contributed by atoms with Gasteiger partial charge in [-0.1, -0.05) is 0 Å². The molecule has 62 valence electrons. The van der Waals surface area contributed by atoms with Gasteiger partial charge in [0, 0.05) is 15.0 Å². The van der Waals surface area contributed by atoms with Gasteiger partial charge in [0.15, 0.2) is 0 Å². The molecule has 0 unspecified atom stereocenters. The molecule has 0 saturated carbocycles. The Hall–Kier alpha value is -0.740. The molecule has 1 N–H and O–H groups in total. The predicted molar refractivity (Wildman–Crippen MR) is 50.7 cm³/mol. The zero-order valence-corrected chi connectivity index (χ0v) is 7.62. The van der Waals surface area contributed by atoms with Crippen molar-refractivity contribution in [1.29, 1.82) is 0 Å². The highest BCUT2D eigenvalue weighted by atomic mass is 32.1. The van der Waals surface area contributed by atoms with Crippen LogP contribution in [0.15, 0.2) is 22.4 Å². The van der Waals surface area contributed by atoms with Crippen LogP contribution in [0.1, 0.15) is 0 Å². The number of fused-ring (bicyclic) bond motifs is 1. The number of aromatic hydroxyl groups is 1. The van der Waals surface area contributed by atoms with Gasteiger partial charge in [-0.25, -0.2) is 4.39 Å². The first kappa shape index (κ1) is 7.89. The maximum absolute atomic E-state index is 13.3. The van der Waals surface area contributed by atoms with Gasteiger partial charge >= 0.3 is 0 Å². The number of benzene rings is 1. The standard InChI is InChI=1S/C8H5FOS2/c9-8-5(11)1-2-6-7(8)4(10)3-12-6/h1-3,10-11H. The highest BCUT2D eigenvalue weighted by Crippen LogP contribution is 2.35. The van der Waals surface area contributed by atoms with E-state index < -0.39 is 5.82 Å². The van der Waals surface area contributed by atoms with Crippen LogP contribution in [0.5, 0.6) is 5.75 Å². The third-order valence-electron chi connectivity index (χ3n) is 1.64. The van der Waals surface area contributed by atoms with E-state index >= 15 is 0 Å². The minimum Gasteiger partial charge on any atom is -0.506 e. The number of hydrogen-bond acceptors (Lipinski definition) is 3. The van der Waals surface area contributed by atoms with E-state index in [0.717, 1.165) is 4.70 Å². The molecule has 0 atom stereocenters. The predicted octanol–water partition coefficient (Wildman–Crippen LogP) is 3.03. The van der Waals surface area contributed by atoms with Crippen LogP contribution in [-0.4, -0.2) is 5.11 Å². The lowest BCUT2D eigenvalue weighted by Gasteiger charge is -1.96. The van der Waals surface area contributed by atoms with Crippen molar-refractivity contribution in [3.05, 3.63) is 23.3 Å². The van der Waals surface area contributed by atoms with Gasteiger partial charge in [-0.3, -0.25) is 0 Å². The lowest BCUT2D eigenvalue weighted by molar-refractivity contribution is 0.480. The van der Waals surface area contributed by atoms with E-state index in [4.69, 9.17) is 0 Å². The summed E-state index contributed by atoms with van der Waals surface area (Å²) in [5, 5.41) is 11.0. The molecule has 1 aromatic heterocycles. The molecule has 0 bridgehead atoms. The Morgan fingerprint density at radius 1 is 1.42 bits per heavy atom. The van der Waals surface area contributed by atoms with E-state index in [1.165, 1.54) is 16.7 Å². The Balaban J connectivity index is 2.96. The van der Waals surface area contributed by atoms with Gasteiger partial charge in [-0.2, -0.15) is 0 Å². The molecule has 0 amide bonds. The molecule has 4 heteroatoms. The summed E-state index contributed by atoms with van der Waals surface area (Å²) in [6.45, 7) is 0. The van der Waals surface area contributed by atoms with Gasteiger partial charge in [0.05, 0.1) is 5.39 Å². The summed E-state index contributed by atoms with van der Waals surface area (Å²) in [6.07, 6.45) is 0. The van der Waals surface area contributed by atoms with Gasteiger partial charge in [-0.15, -0.1) is 24.0 Å². The van der Waals surface area contributed by atoms with Gasteiger partial charge < -0.3 is 5.11 Å². The summed E-state index contributed by atoms with van der Waals surface area (Å²) in [6, 6.07) is 3.32. The van der Waals surface area contributed by atoms with Crippen molar-refractivity contribution in [1.82, 2.24) is 0 Å². The van der Waals surface area contributed by atoms with E-state index in [0.29, 0.717) is 0 Å². The molecule has 0 aliphatic rings. The maximum Gasteiger partial charge on any atom is 0.148 e. The molecule has 2 rings (SSSR count). The Bertz CT molecular complexity index is 436. The van der Waals surface area contributed by atoms with Crippen LogP contribution in [0.25, 0.3) is 10.1 Å². The van der Waals surface area contributed by atoms with Crippen molar-refractivity contribution in [3.63, 3.8) is 0 Å². The third kappa shape index (κ3) is 0.990. The summed E-state index contributed by atoms with van der Waals surface area (Å²) in [5.41, 5.74) is 0. The molecule has 1 aromatic carbocycles. The summed E-state index contributed by atoms with van der Waals surface area (Å²) in [4.78, 5) is 0.260. The zero-order valence-electron chi connectivity index (χ0n) is 5.91. The van der Waals surface area contributed by atoms with Crippen molar-refractivity contribution in [2.45, 2.75) is 4.90 Å². The lowest BCUT2D eigenvalue weighted by atomic mass is 10.2. The minimum atomic E-state index is -0.449. The number of hydrogen-bond donors (Lipinski definition) is 2. The van der Waals surface area contributed by atoms with Crippen LogP contribution in [0, 0.1) is 5.82 Å². The van der Waals surface area contributed by atoms with Crippen LogP contribution in [0.2, 0.25) is 0 Å². The van der Waals surface area contributed by atoms with Crippen molar-refractivity contribution >= 4 is 34.1 Å². The van der Waals surface area contributed by atoms with Crippen LogP contribution < -0.4 is 0 Å². The van der Waals surface area contributed by atoms with Crippen LogP contribution in [0.3, 0.4) is 0 Å². The molecular weight excluding hydrogens is 195 g/mol. The monoisotopic (exact) mass is 200 g/mol. The fourth-order valence-corrected chi connectivity index (χ4v) is 2.06. The third-order valence-corrected chi connectivity index (χ3v) is 2.92. The molecule has 0 radical (unpaired) electrons. The first-order valence-electron chi connectivity index (χ1n) is 3.28. The quantitative estimate of drug-likeness (QED) is 0.626. The van der Waals surface area contributed by atoms with Crippen molar-refractivity contribution in [3.8, 4) is 5.75 Å². The second kappa shape index (κ2) is 2.64. The van der Waals surface area contributed by atoms with E-state index in [9.17, 15) is 9.50 Å². The molecular formula is C8H5FOS2. The van der Waals surface area contributed by atoms with Crippen LogP contribution in [-0.2, 0) is 0 Å². The first-order valence-corrected chi connectivity index (χ1v) is 4.60. The van der Waals surface area contributed by atoms with Gasteiger partial charge in [0.25, 0.3) is 0 Å². The number of thiophene rings is 1. The molecule has 0 aliphatic carbocycles. The van der Waals surface area contributed by atoms with Gasteiger partial charge in [0.1, 0.15) is 11.6 Å². The normalized spacial score (nSPS) is 10.8. The summed E-state index contributed by atoms with van der Waals surface area (Å²) < 4.78 is 14.0. The fourth-order valence-electron chi connectivity index (χ4n) is 1.06. The highest BCUT2D eigenvalue weighted by Gasteiger charge is 2.10. The SMILES string of the molecule is Oc1csc2ccc(S)c(F)c12. The number of thiol groups is 1. The summed E-state index contributed by atoms with van der Waals surface area (Å²) >= 11 is 5.23. The molecule has 12 heavy (non-hydrogen) atoms. The average Bonchev–Trinajstić information content (AvgIpc) is 2.41. The maximum atomic E-state index is 13.3. The Labute approximate surface area is 77.9 Å². The van der Waals surface area contributed by atoms with Gasteiger partial charge in [-0.05, 0) is 12.1 Å². The van der Waals surface area contributed by atoms with Crippen molar-refractivity contribution < 1.29 is 9.50 Å². The topological polar surface area (TPSA) is 20.2 Å². The molecule has 0 aliphatic heterocycles. The van der Waals surface area contributed by atoms with Crippen LogP contribution in [0.4, 0.5) is 4.39 Å². The minimum absolute atomic E-state index is 0.0107. The lowest BCUT2D eigenvalue weighted by Crippen LogP contribution is -1.77. The molecule has 1 nitrogen and oxygen atoms in total. The Morgan fingerprint density at radius 3 is 2.92 bits per heavy atom. The zero-order chi connectivity index (χ0) is 8.72. The fraction of sp³-hybridized carbons (Fsp3) is 0. The van der Waals surface area contributed by atoms with E-state index in [1.807, 2.05) is 0 Å². The number of halogens is 1. The largest absolute Gasteiger partial charge is 0.506 e. The summed E-state index contributed by atoms with van der Waals surface area (Å²) in [7, 11) is 0. The average molecular weight is 200 g/mol. The molecule has 0 fully saturated rings. The first-order chi connectivity index (χ1) is 5.70. The van der Waals surface area contributed by atoms with Crippen molar-refractivity contribution in [2.75, 3.05) is 0 Å². The second-order valence-electron chi connectivity index (χ2n) is 2.39. The smallest absolute Gasteiger partial charge is 0.148 e. The van der Waals surface area contributed by atoms with Crippen molar-refractivity contribution in [2.24, 2.45) is 0 Å². The van der Waals surface area contributed by atoms with Crippen LogP contribution >= 0.6 is 24.0 Å². The molecule has 0 spiro atoms. The van der Waals surface area contributed by atoms with E-state index in [-0.39, 0.29) is 16.0 Å². The Morgan fingerprint density at radius 2 is 2.17 bits per heavy atom. The molecule has 1 heterocycles. The summed E-state index contributed by atoms with van der Waals surface area (Å²) in [5.74, 6) is -0.460. The number of rotatable bonds is 0. The van der Waals surface area contributed by atoms with E-state index in [1.54, 1.807) is 12.1 Å². The van der Waals surface area contributed by atoms with E-state index in [2.05, 4.69) is 12.6 Å².